The van der Waals surface area contributed by atoms with Gasteiger partial charge in [-0.15, -0.1) is 0 Å². The lowest BCUT2D eigenvalue weighted by atomic mass is 9.94. The van der Waals surface area contributed by atoms with Crippen molar-refractivity contribution < 1.29 is 16.8 Å². The van der Waals surface area contributed by atoms with Gasteiger partial charge in [-0.2, -0.15) is 0 Å². The molecule has 0 aromatic heterocycles. The van der Waals surface area contributed by atoms with Crippen molar-refractivity contribution >= 4 is 25.7 Å². The molecule has 2 N–H and O–H groups in total. The summed E-state index contributed by atoms with van der Waals surface area (Å²) in [5.41, 5.74) is 3.27. The number of sulfonamides is 2. The number of nitrogens with one attached hydrogen (secondary N) is 2. The van der Waals surface area contributed by atoms with E-state index in [9.17, 15) is 16.8 Å². The predicted octanol–water partition coefficient (Wildman–Crippen LogP) is 3.98. The maximum atomic E-state index is 12.4. The predicted molar refractivity (Wildman–Crippen MR) is 144 cm³/mol. The fourth-order valence-electron chi connectivity index (χ4n) is 4.37. The average molecular weight is 522 g/mol. The number of hydrogen-bond donors (Lipinski definition) is 2. The van der Waals surface area contributed by atoms with E-state index < -0.39 is 30.5 Å². The maximum Gasteiger partial charge on any atom is 0.214 e. The second kappa shape index (κ2) is 11.9. The van der Waals surface area contributed by atoms with Crippen LogP contribution in [0, 0.1) is 0 Å². The molecular weight excluding hydrogens is 482 g/mol. The van der Waals surface area contributed by atoms with Crippen molar-refractivity contribution in [1.29, 1.82) is 0 Å². The Morgan fingerprint density at radius 2 is 1.49 bits per heavy atom. The zero-order valence-corrected chi connectivity index (χ0v) is 22.8. The van der Waals surface area contributed by atoms with Gasteiger partial charge in [0, 0.05) is 37.3 Å². The first-order valence-corrected chi connectivity index (χ1v) is 15.5. The van der Waals surface area contributed by atoms with E-state index in [0.29, 0.717) is 19.6 Å². The summed E-state index contributed by atoms with van der Waals surface area (Å²) in [6, 6.07) is 18.3. The summed E-state index contributed by atoms with van der Waals surface area (Å²) in [7, 11) is -6.65. The van der Waals surface area contributed by atoms with E-state index in [2.05, 4.69) is 50.7 Å². The third kappa shape index (κ3) is 7.52. The fourth-order valence-corrected chi connectivity index (χ4v) is 6.06. The second-order valence-electron chi connectivity index (χ2n) is 9.84. The van der Waals surface area contributed by atoms with Crippen LogP contribution in [-0.4, -0.2) is 46.5 Å². The Hall–Kier alpha value is -1.94. The summed E-state index contributed by atoms with van der Waals surface area (Å²) in [5.74, 6) is 0.151. The molecule has 1 aliphatic rings. The molecule has 0 spiro atoms. The number of hydrogen-bond acceptors (Lipinski definition) is 5. The van der Waals surface area contributed by atoms with Crippen molar-refractivity contribution in [2.45, 2.75) is 76.0 Å². The zero-order chi connectivity index (χ0) is 25.6. The topological polar surface area (TPSA) is 95.6 Å². The molecule has 1 fully saturated rings. The molecule has 1 aliphatic carbocycles. The number of rotatable bonds is 12. The largest absolute Gasteiger partial charge is 0.366 e. The van der Waals surface area contributed by atoms with Crippen LogP contribution in [-0.2, 0) is 26.6 Å². The zero-order valence-electron chi connectivity index (χ0n) is 21.1. The van der Waals surface area contributed by atoms with Crippen LogP contribution in [0.2, 0.25) is 0 Å². The highest BCUT2D eigenvalue weighted by Gasteiger charge is 2.32. The van der Waals surface area contributed by atoms with E-state index in [0.717, 1.165) is 36.1 Å². The van der Waals surface area contributed by atoms with Gasteiger partial charge >= 0.3 is 0 Å². The van der Waals surface area contributed by atoms with E-state index in [4.69, 9.17) is 0 Å². The molecule has 2 atom stereocenters. The molecule has 1 saturated carbocycles. The Balaban J connectivity index is 1.76. The molecule has 35 heavy (non-hydrogen) atoms. The monoisotopic (exact) mass is 521 g/mol. The van der Waals surface area contributed by atoms with Gasteiger partial charge in [-0.05, 0) is 63.8 Å². The minimum atomic E-state index is -3.33. The molecule has 0 radical (unpaired) electrons. The molecule has 0 aliphatic heterocycles. The molecule has 0 heterocycles. The van der Waals surface area contributed by atoms with Crippen molar-refractivity contribution in [2.24, 2.45) is 0 Å². The molecule has 194 valence electrons. The van der Waals surface area contributed by atoms with Crippen LogP contribution < -0.4 is 14.3 Å². The number of anilines is 1. The Morgan fingerprint density at radius 1 is 0.857 bits per heavy atom. The van der Waals surface area contributed by atoms with Gasteiger partial charge in [0.05, 0.1) is 10.5 Å². The fraction of sp³-hybridized carbons (Fsp3) is 0.538. The van der Waals surface area contributed by atoms with Crippen LogP contribution in [0.1, 0.15) is 64.0 Å². The summed E-state index contributed by atoms with van der Waals surface area (Å²) >= 11 is 0. The van der Waals surface area contributed by atoms with E-state index >= 15 is 0 Å². The molecule has 7 nitrogen and oxygen atoms in total. The molecule has 2 aromatic rings. The van der Waals surface area contributed by atoms with Gasteiger partial charge in [-0.25, -0.2) is 26.3 Å². The van der Waals surface area contributed by atoms with Crippen LogP contribution in [0.25, 0.3) is 0 Å². The molecular formula is C26H39N3O4S2. The first kappa shape index (κ1) is 27.6. The van der Waals surface area contributed by atoms with Crippen LogP contribution >= 0.6 is 0 Å². The Labute approximate surface area is 211 Å². The highest BCUT2D eigenvalue weighted by Crippen LogP contribution is 2.36. The van der Waals surface area contributed by atoms with Crippen molar-refractivity contribution in [1.82, 2.24) is 9.44 Å². The highest BCUT2D eigenvalue weighted by molar-refractivity contribution is 7.90. The Morgan fingerprint density at radius 3 is 2.09 bits per heavy atom. The molecule has 2 aromatic carbocycles. The molecule has 0 unspecified atom stereocenters. The van der Waals surface area contributed by atoms with Crippen LogP contribution in [0.5, 0.6) is 0 Å². The summed E-state index contributed by atoms with van der Waals surface area (Å²) in [6.07, 6.45) is 2.79. The summed E-state index contributed by atoms with van der Waals surface area (Å²) in [4.78, 5) is 2.16. The lowest BCUT2D eigenvalue weighted by molar-refractivity contribution is 0.519. The van der Waals surface area contributed by atoms with Gasteiger partial charge < -0.3 is 4.90 Å². The second-order valence-corrected chi connectivity index (χ2v) is 14.4. The smallest absolute Gasteiger partial charge is 0.214 e. The molecule has 3 rings (SSSR count). The first-order chi connectivity index (χ1) is 16.5. The molecule has 0 saturated heterocycles. The molecule has 0 bridgehead atoms. The van der Waals surface area contributed by atoms with Gasteiger partial charge in [0.25, 0.3) is 0 Å². The van der Waals surface area contributed by atoms with Crippen molar-refractivity contribution in [3.8, 4) is 0 Å². The van der Waals surface area contributed by atoms with Crippen molar-refractivity contribution in [3.63, 3.8) is 0 Å². The number of nitrogens with zero attached hydrogens (tertiary/aromatic N) is 1. The Kier molecular flexibility index (Phi) is 9.37. The van der Waals surface area contributed by atoms with Crippen LogP contribution in [0.15, 0.2) is 54.6 Å². The van der Waals surface area contributed by atoms with Crippen LogP contribution in [0.4, 0.5) is 5.69 Å². The SMILES string of the molecule is CC(C)S(=O)(=O)NCCN(Cc1ccccc1)c1ccc([C@H]2CCC[C@H]2NS(=O)(=O)C(C)C)cc1. The van der Waals surface area contributed by atoms with Gasteiger partial charge in [-0.3, -0.25) is 0 Å². The van der Waals surface area contributed by atoms with E-state index in [1.54, 1.807) is 27.7 Å². The van der Waals surface area contributed by atoms with E-state index in [-0.39, 0.29) is 12.0 Å². The summed E-state index contributed by atoms with van der Waals surface area (Å²) in [6.45, 7) is 8.23. The number of benzene rings is 2. The van der Waals surface area contributed by atoms with Crippen molar-refractivity contribution in [2.75, 3.05) is 18.0 Å². The minimum absolute atomic E-state index is 0.0842. The third-order valence-corrected chi connectivity index (χ3v) is 10.4. The quantitative estimate of drug-likeness (QED) is 0.440. The minimum Gasteiger partial charge on any atom is -0.366 e. The van der Waals surface area contributed by atoms with E-state index in [1.165, 1.54) is 0 Å². The highest BCUT2D eigenvalue weighted by atomic mass is 32.2. The average Bonchev–Trinajstić information content (AvgIpc) is 3.26. The van der Waals surface area contributed by atoms with Gasteiger partial charge in [-0.1, -0.05) is 48.9 Å². The van der Waals surface area contributed by atoms with Gasteiger partial charge in [0.15, 0.2) is 0 Å². The normalized spacial score (nSPS) is 18.9. The molecule has 0 amide bonds. The van der Waals surface area contributed by atoms with Gasteiger partial charge in [0.2, 0.25) is 20.0 Å². The lowest BCUT2D eigenvalue weighted by Gasteiger charge is -2.27. The van der Waals surface area contributed by atoms with Crippen LogP contribution in [0.3, 0.4) is 0 Å². The first-order valence-electron chi connectivity index (χ1n) is 12.4. The van der Waals surface area contributed by atoms with Gasteiger partial charge in [0.1, 0.15) is 0 Å². The standard InChI is InChI=1S/C26H39N3O4S2/c1-20(2)34(30,31)27-17-18-29(19-22-9-6-5-7-10-22)24-15-13-23(14-16-24)25-11-8-12-26(25)28-35(32,33)21(3)4/h5-7,9-10,13-16,20-21,25-28H,8,11-12,17-19H2,1-4H3/t25-,26-/m1/s1. The molecule has 9 heteroatoms. The summed E-state index contributed by atoms with van der Waals surface area (Å²) < 4.78 is 54.9. The maximum absolute atomic E-state index is 12.4. The van der Waals surface area contributed by atoms with Crippen molar-refractivity contribution in [3.05, 3.63) is 65.7 Å². The third-order valence-electron chi connectivity index (χ3n) is 6.66. The summed E-state index contributed by atoms with van der Waals surface area (Å²) in [5, 5.41) is -0.928. The Bertz CT molecular complexity index is 1150. The lowest BCUT2D eigenvalue weighted by Crippen LogP contribution is -2.40. The van der Waals surface area contributed by atoms with E-state index in [1.807, 2.05) is 18.2 Å².